The van der Waals surface area contributed by atoms with Crippen molar-refractivity contribution < 1.29 is 23.8 Å². The van der Waals surface area contributed by atoms with Gasteiger partial charge in [0, 0.05) is 5.56 Å². The second-order valence-corrected chi connectivity index (χ2v) is 6.46. The van der Waals surface area contributed by atoms with Gasteiger partial charge >= 0.3 is 11.9 Å². The fourth-order valence-electron chi connectivity index (χ4n) is 3.82. The Bertz CT molecular complexity index is 822. The van der Waals surface area contributed by atoms with E-state index in [-0.39, 0.29) is 12.4 Å². The zero-order valence-electron chi connectivity index (χ0n) is 15.6. The standard InChI is InChI=1S/C21H23NO5/c1-25-17-12-8-7-11-15(17)18-16(19(23)26-2)13-21(22-18,20(24)27-3)14-9-5-4-6-10-14/h4-12,16,18,22H,13H2,1-3H3/t16-,18-,21+/m0/s1. The van der Waals surface area contributed by atoms with Gasteiger partial charge in [0.05, 0.1) is 33.3 Å². The first-order valence-corrected chi connectivity index (χ1v) is 8.69. The molecule has 0 aromatic heterocycles. The molecule has 1 N–H and O–H groups in total. The number of hydrogen-bond donors (Lipinski definition) is 1. The van der Waals surface area contributed by atoms with E-state index in [1.165, 1.54) is 14.2 Å². The highest BCUT2D eigenvalue weighted by Crippen LogP contribution is 2.46. The molecule has 6 heteroatoms. The molecule has 6 nitrogen and oxygen atoms in total. The van der Waals surface area contributed by atoms with Crippen LogP contribution in [0.1, 0.15) is 23.6 Å². The van der Waals surface area contributed by atoms with Crippen molar-refractivity contribution in [2.24, 2.45) is 5.92 Å². The van der Waals surface area contributed by atoms with Crippen molar-refractivity contribution >= 4 is 11.9 Å². The fraction of sp³-hybridized carbons (Fsp3) is 0.333. The summed E-state index contributed by atoms with van der Waals surface area (Å²) >= 11 is 0. The summed E-state index contributed by atoms with van der Waals surface area (Å²) in [6, 6.07) is 16.2. The minimum atomic E-state index is -1.15. The number of hydrogen-bond acceptors (Lipinski definition) is 6. The molecule has 0 aliphatic carbocycles. The molecule has 1 fully saturated rings. The van der Waals surface area contributed by atoms with E-state index < -0.39 is 23.5 Å². The van der Waals surface area contributed by atoms with E-state index in [2.05, 4.69) is 5.32 Å². The Kier molecular flexibility index (Phi) is 5.46. The number of para-hydroxylation sites is 1. The molecule has 0 saturated carbocycles. The van der Waals surface area contributed by atoms with Crippen molar-refractivity contribution in [2.45, 2.75) is 18.0 Å². The number of ether oxygens (including phenoxy) is 3. The van der Waals surface area contributed by atoms with Gasteiger partial charge in [-0.3, -0.25) is 10.1 Å². The lowest BCUT2D eigenvalue weighted by atomic mass is 9.84. The van der Waals surface area contributed by atoms with Crippen LogP contribution in [0.3, 0.4) is 0 Å². The third-order valence-electron chi connectivity index (χ3n) is 5.11. The Balaban J connectivity index is 2.13. The normalized spacial score (nSPS) is 24.3. The van der Waals surface area contributed by atoms with Gasteiger partial charge in [-0.25, -0.2) is 4.79 Å². The van der Waals surface area contributed by atoms with Crippen molar-refractivity contribution in [2.75, 3.05) is 21.3 Å². The highest BCUT2D eigenvalue weighted by Gasteiger charge is 2.55. The number of carbonyl (C=O) groups is 2. The monoisotopic (exact) mass is 369 g/mol. The Morgan fingerprint density at radius 2 is 1.63 bits per heavy atom. The zero-order valence-corrected chi connectivity index (χ0v) is 15.6. The maximum absolute atomic E-state index is 12.9. The number of nitrogens with one attached hydrogen (secondary N) is 1. The third-order valence-corrected chi connectivity index (χ3v) is 5.11. The summed E-state index contributed by atoms with van der Waals surface area (Å²) in [5.41, 5.74) is 0.376. The molecule has 3 rings (SSSR count). The van der Waals surface area contributed by atoms with Gasteiger partial charge in [-0.1, -0.05) is 48.5 Å². The van der Waals surface area contributed by atoms with E-state index in [9.17, 15) is 9.59 Å². The molecule has 0 radical (unpaired) electrons. The molecular weight excluding hydrogens is 346 g/mol. The summed E-state index contributed by atoms with van der Waals surface area (Å²) in [7, 11) is 4.27. The average molecular weight is 369 g/mol. The first-order valence-electron chi connectivity index (χ1n) is 8.69. The Hall–Kier alpha value is -2.86. The van der Waals surface area contributed by atoms with Crippen molar-refractivity contribution in [3.8, 4) is 5.75 Å². The molecule has 27 heavy (non-hydrogen) atoms. The van der Waals surface area contributed by atoms with Gasteiger partial charge in [0.2, 0.25) is 0 Å². The summed E-state index contributed by atoms with van der Waals surface area (Å²) in [5, 5.41) is 3.37. The minimum absolute atomic E-state index is 0.221. The molecular formula is C21H23NO5. The smallest absolute Gasteiger partial charge is 0.330 e. The average Bonchev–Trinajstić information content (AvgIpc) is 3.15. The number of benzene rings is 2. The predicted molar refractivity (Wildman–Crippen MR) is 99.1 cm³/mol. The highest BCUT2D eigenvalue weighted by atomic mass is 16.5. The quantitative estimate of drug-likeness (QED) is 0.817. The van der Waals surface area contributed by atoms with E-state index in [1.807, 2.05) is 54.6 Å². The van der Waals surface area contributed by atoms with Gasteiger partial charge < -0.3 is 14.2 Å². The van der Waals surface area contributed by atoms with Crippen LogP contribution in [0.4, 0.5) is 0 Å². The Morgan fingerprint density at radius 3 is 2.26 bits per heavy atom. The van der Waals surface area contributed by atoms with Gasteiger partial charge in [-0.05, 0) is 18.1 Å². The summed E-state index contributed by atoms with van der Waals surface area (Å²) in [5.74, 6) is -0.775. The van der Waals surface area contributed by atoms with Crippen LogP contribution >= 0.6 is 0 Å². The van der Waals surface area contributed by atoms with Crippen LogP contribution in [0.5, 0.6) is 5.75 Å². The SMILES string of the molecule is COC(=O)[C@H]1C[C@](C(=O)OC)(c2ccccc2)N[C@H]1c1ccccc1OC. The lowest BCUT2D eigenvalue weighted by molar-refractivity contribution is -0.149. The predicted octanol–water partition coefficient (Wildman–Crippen LogP) is 2.59. The van der Waals surface area contributed by atoms with E-state index in [0.29, 0.717) is 5.75 Å². The molecule has 3 atom stereocenters. The number of rotatable bonds is 5. The molecule has 142 valence electrons. The highest BCUT2D eigenvalue weighted by molar-refractivity contribution is 5.86. The van der Waals surface area contributed by atoms with E-state index in [4.69, 9.17) is 14.2 Å². The number of carbonyl (C=O) groups excluding carboxylic acids is 2. The molecule has 0 unspecified atom stereocenters. The van der Waals surface area contributed by atoms with Crippen LogP contribution < -0.4 is 10.1 Å². The van der Waals surface area contributed by atoms with E-state index >= 15 is 0 Å². The third kappa shape index (κ3) is 3.28. The second kappa shape index (κ2) is 7.80. The van der Waals surface area contributed by atoms with Gasteiger partial charge in [0.15, 0.2) is 0 Å². The van der Waals surface area contributed by atoms with Crippen LogP contribution in [-0.4, -0.2) is 33.3 Å². The molecule has 1 heterocycles. The maximum Gasteiger partial charge on any atom is 0.330 e. The van der Waals surface area contributed by atoms with Crippen LogP contribution in [0.25, 0.3) is 0 Å². The second-order valence-electron chi connectivity index (χ2n) is 6.46. The Labute approximate surface area is 158 Å². The van der Waals surface area contributed by atoms with E-state index in [1.54, 1.807) is 7.11 Å². The molecule has 0 amide bonds. The summed E-state index contributed by atoms with van der Waals surface area (Å²) in [6.45, 7) is 0. The Morgan fingerprint density at radius 1 is 0.963 bits per heavy atom. The summed E-state index contributed by atoms with van der Waals surface area (Å²) in [6.07, 6.45) is 0.221. The topological polar surface area (TPSA) is 73.9 Å². The van der Waals surface area contributed by atoms with Crippen LogP contribution in [0, 0.1) is 5.92 Å². The molecule has 2 aromatic carbocycles. The van der Waals surface area contributed by atoms with Crippen molar-refractivity contribution in [1.82, 2.24) is 5.32 Å². The minimum Gasteiger partial charge on any atom is -0.496 e. The molecule has 2 aromatic rings. The van der Waals surface area contributed by atoms with Crippen LogP contribution in [0.2, 0.25) is 0 Å². The van der Waals surface area contributed by atoms with Crippen molar-refractivity contribution in [1.29, 1.82) is 0 Å². The van der Waals surface area contributed by atoms with Crippen LogP contribution in [0.15, 0.2) is 54.6 Å². The molecule has 0 spiro atoms. The van der Waals surface area contributed by atoms with E-state index in [0.717, 1.165) is 11.1 Å². The lowest BCUT2D eigenvalue weighted by Crippen LogP contribution is -2.46. The molecule has 1 aliphatic rings. The fourth-order valence-corrected chi connectivity index (χ4v) is 3.82. The van der Waals surface area contributed by atoms with Gasteiger partial charge in [-0.15, -0.1) is 0 Å². The van der Waals surface area contributed by atoms with Crippen molar-refractivity contribution in [3.63, 3.8) is 0 Å². The first-order chi connectivity index (χ1) is 13.1. The van der Waals surface area contributed by atoms with Gasteiger partial charge in [0.25, 0.3) is 0 Å². The lowest BCUT2D eigenvalue weighted by Gasteiger charge is -2.28. The first kappa shape index (κ1) is 18.9. The van der Waals surface area contributed by atoms with Gasteiger partial charge in [-0.2, -0.15) is 0 Å². The molecule has 1 saturated heterocycles. The maximum atomic E-state index is 12.9. The zero-order chi connectivity index (χ0) is 19.4. The summed E-state index contributed by atoms with van der Waals surface area (Å²) in [4.78, 5) is 25.4. The van der Waals surface area contributed by atoms with Crippen LogP contribution in [-0.2, 0) is 24.6 Å². The molecule has 1 aliphatic heterocycles. The van der Waals surface area contributed by atoms with Crippen molar-refractivity contribution in [3.05, 3.63) is 65.7 Å². The largest absolute Gasteiger partial charge is 0.496 e. The number of methoxy groups -OCH3 is 3. The van der Waals surface area contributed by atoms with Gasteiger partial charge in [0.1, 0.15) is 11.3 Å². The molecule has 0 bridgehead atoms. The summed E-state index contributed by atoms with van der Waals surface area (Å²) < 4.78 is 15.6. The number of esters is 2.